The van der Waals surface area contributed by atoms with Crippen LogP contribution in [0.3, 0.4) is 0 Å². The SMILES string of the molecule is CC(C)CCOc1ccc(C=CCO)cc1. The van der Waals surface area contributed by atoms with E-state index in [1.807, 2.05) is 30.3 Å². The lowest BCUT2D eigenvalue weighted by molar-refractivity contribution is 0.289. The van der Waals surface area contributed by atoms with Crippen molar-refractivity contribution in [2.45, 2.75) is 20.3 Å². The molecule has 2 nitrogen and oxygen atoms in total. The molecular weight excluding hydrogens is 200 g/mol. The quantitative estimate of drug-likeness (QED) is 0.798. The van der Waals surface area contributed by atoms with Crippen molar-refractivity contribution in [1.82, 2.24) is 0 Å². The second-order valence-electron chi connectivity index (χ2n) is 4.18. The molecule has 0 aliphatic rings. The van der Waals surface area contributed by atoms with Gasteiger partial charge in [-0.05, 0) is 30.0 Å². The molecule has 0 aliphatic heterocycles. The van der Waals surface area contributed by atoms with Gasteiger partial charge in [-0.3, -0.25) is 0 Å². The molecule has 0 radical (unpaired) electrons. The van der Waals surface area contributed by atoms with Crippen LogP contribution in [0.2, 0.25) is 0 Å². The van der Waals surface area contributed by atoms with Crippen LogP contribution in [0.1, 0.15) is 25.8 Å². The third kappa shape index (κ3) is 4.99. The first-order valence-corrected chi connectivity index (χ1v) is 5.72. The zero-order valence-electron chi connectivity index (χ0n) is 10.0. The van der Waals surface area contributed by atoms with Gasteiger partial charge in [0.2, 0.25) is 0 Å². The van der Waals surface area contributed by atoms with Gasteiger partial charge in [0.15, 0.2) is 0 Å². The molecule has 1 aromatic carbocycles. The van der Waals surface area contributed by atoms with Gasteiger partial charge in [0.25, 0.3) is 0 Å². The van der Waals surface area contributed by atoms with Crippen molar-refractivity contribution >= 4 is 6.08 Å². The van der Waals surface area contributed by atoms with Gasteiger partial charge < -0.3 is 9.84 Å². The Labute approximate surface area is 97.6 Å². The molecule has 2 heteroatoms. The monoisotopic (exact) mass is 220 g/mol. The smallest absolute Gasteiger partial charge is 0.119 e. The van der Waals surface area contributed by atoms with Gasteiger partial charge in [0, 0.05) is 0 Å². The second kappa shape index (κ2) is 7.07. The fraction of sp³-hybridized carbons (Fsp3) is 0.429. The Balaban J connectivity index is 2.42. The maximum absolute atomic E-state index is 8.64. The maximum atomic E-state index is 8.64. The van der Waals surface area contributed by atoms with Gasteiger partial charge in [-0.1, -0.05) is 38.1 Å². The summed E-state index contributed by atoms with van der Waals surface area (Å²) in [7, 11) is 0. The van der Waals surface area contributed by atoms with E-state index < -0.39 is 0 Å². The van der Waals surface area contributed by atoms with E-state index >= 15 is 0 Å². The molecule has 0 aromatic heterocycles. The van der Waals surface area contributed by atoms with Crippen molar-refractivity contribution in [2.24, 2.45) is 5.92 Å². The minimum absolute atomic E-state index is 0.0760. The molecule has 16 heavy (non-hydrogen) atoms. The predicted molar refractivity (Wildman–Crippen MR) is 67.5 cm³/mol. The first-order valence-electron chi connectivity index (χ1n) is 5.72. The molecule has 1 N–H and O–H groups in total. The first-order chi connectivity index (χ1) is 7.72. The molecule has 88 valence electrons. The van der Waals surface area contributed by atoms with E-state index in [1.54, 1.807) is 6.08 Å². The fourth-order valence-electron chi connectivity index (χ4n) is 1.28. The molecule has 1 aromatic rings. The van der Waals surface area contributed by atoms with E-state index in [0.717, 1.165) is 24.3 Å². The second-order valence-corrected chi connectivity index (χ2v) is 4.18. The molecule has 0 amide bonds. The van der Waals surface area contributed by atoms with Crippen molar-refractivity contribution in [1.29, 1.82) is 0 Å². The van der Waals surface area contributed by atoms with Crippen LogP contribution in [0.15, 0.2) is 30.3 Å². The van der Waals surface area contributed by atoms with E-state index in [0.29, 0.717) is 5.92 Å². The summed E-state index contributed by atoms with van der Waals surface area (Å²) in [5.41, 5.74) is 1.07. The van der Waals surface area contributed by atoms with Crippen LogP contribution in [0.5, 0.6) is 5.75 Å². The third-order valence-electron chi connectivity index (χ3n) is 2.26. The Hall–Kier alpha value is -1.28. The zero-order chi connectivity index (χ0) is 11.8. The Kier molecular flexibility index (Phi) is 5.65. The molecule has 0 bridgehead atoms. The van der Waals surface area contributed by atoms with E-state index in [2.05, 4.69) is 13.8 Å². The highest BCUT2D eigenvalue weighted by atomic mass is 16.5. The normalized spacial score (nSPS) is 11.2. The molecule has 0 unspecified atom stereocenters. The van der Waals surface area contributed by atoms with Crippen LogP contribution in [0, 0.1) is 5.92 Å². The molecule has 1 rings (SSSR count). The van der Waals surface area contributed by atoms with Crippen LogP contribution >= 0.6 is 0 Å². The summed E-state index contributed by atoms with van der Waals surface area (Å²) in [5.74, 6) is 1.58. The summed E-state index contributed by atoms with van der Waals surface area (Å²) < 4.78 is 5.60. The lowest BCUT2D eigenvalue weighted by Gasteiger charge is -2.07. The predicted octanol–water partition coefficient (Wildman–Crippen LogP) is 3.12. The summed E-state index contributed by atoms with van der Waals surface area (Å²) in [4.78, 5) is 0. The standard InChI is InChI=1S/C14H20O2/c1-12(2)9-11-16-14-7-5-13(6-8-14)4-3-10-15/h3-8,12,15H,9-11H2,1-2H3. The van der Waals surface area contributed by atoms with Gasteiger partial charge in [-0.15, -0.1) is 0 Å². The highest BCUT2D eigenvalue weighted by molar-refractivity contribution is 5.50. The number of benzene rings is 1. The van der Waals surface area contributed by atoms with Crippen LogP contribution in [0.4, 0.5) is 0 Å². The van der Waals surface area contributed by atoms with Gasteiger partial charge in [0.1, 0.15) is 5.75 Å². The highest BCUT2D eigenvalue weighted by Crippen LogP contribution is 2.14. The largest absolute Gasteiger partial charge is 0.494 e. The topological polar surface area (TPSA) is 29.5 Å². The average Bonchev–Trinajstić information content (AvgIpc) is 2.27. The first kappa shape index (κ1) is 12.8. The van der Waals surface area contributed by atoms with Crippen molar-refractivity contribution in [2.75, 3.05) is 13.2 Å². The number of aliphatic hydroxyl groups excluding tert-OH is 1. The van der Waals surface area contributed by atoms with Crippen molar-refractivity contribution in [3.63, 3.8) is 0 Å². The molecule has 0 saturated carbocycles. The number of aliphatic hydroxyl groups is 1. The summed E-state index contributed by atoms with van der Waals surface area (Å²) >= 11 is 0. The Morgan fingerprint density at radius 2 is 1.94 bits per heavy atom. The number of hydrogen-bond acceptors (Lipinski definition) is 2. The molecular formula is C14H20O2. The molecule has 0 saturated heterocycles. The Morgan fingerprint density at radius 3 is 2.50 bits per heavy atom. The van der Waals surface area contributed by atoms with Crippen LogP contribution < -0.4 is 4.74 Å². The molecule has 0 atom stereocenters. The van der Waals surface area contributed by atoms with Crippen LogP contribution in [-0.2, 0) is 0 Å². The van der Waals surface area contributed by atoms with E-state index in [1.165, 1.54) is 0 Å². The Morgan fingerprint density at radius 1 is 1.25 bits per heavy atom. The fourth-order valence-corrected chi connectivity index (χ4v) is 1.28. The van der Waals surface area contributed by atoms with Crippen molar-refractivity contribution < 1.29 is 9.84 Å². The molecule has 0 aliphatic carbocycles. The lowest BCUT2D eigenvalue weighted by atomic mass is 10.1. The minimum Gasteiger partial charge on any atom is -0.494 e. The van der Waals surface area contributed by atoms with Gasteiger partial charge in [-0.2, -0.15) is 0 Å². The van der Waals surface area contributed by atoms with Crippen molar-refractivity contribution in [3.05, 3.63) is 35.9 Å². The van der Waals surface area contributed by atoms with Gasteiger partial charge in [0.05, 0.1) is 13.2 Å². The van der Waals surface area contributed by atoms with Gasteiger partial charge >= 0.3 is 0 Å². The third-order valence-corrected chi connectivity index (χ3v) is 2.26. The number of hydrogen-bond donors (Lipinski definition) is 1. The lowest BCUT2D eigenvalue weighted by Crippen LogP contribution is -2.01. The van der Waals surface area contributed by atoms with Gasteiger partial charge in [-0.25, -0.2) is 0 Å². The van der Waals surface area contributed by atoms with Crippen molar-refractivity contribution in [3.8, 4) is 5.75 Å². The summed E-state index contributed by atoms with van der Waals surface area (Å²) in [6, 6.07) is 7.88. The number of rotatable bonds is 6. The summed E-state index contributed by atoms with van der Waals surface area (Å²) in [5, 5.41) is 8.64. The molecule has 0 heterocycles. The van der Waals surface area contributed by atoms with E-state index in [-0.39, 0.29) is 6.61 Å². The van der Waals surface area contributed by atoms with E-state index in [4.69, 9.17) is 9.84 Å². The highest BCUT2D eigenvalue weighted by Gasteiger charge is 1.96. The van der Waals surface area contributed by atoms with Crippen LogP contribution in [0.25, 0.3) is 6.08 Å². The summed E-state index contributed by atoms with van der Waals surface area (Å²) in [6.07, 6.45) is 4.68. The summed E-state index contributed by atoms with van der Waals surface area (Å²) in [6.45, 7) is 5.22. The minimum atomic E-state index is 0.0760. The average molecular weight is 220 g/mol. The van der Waals surface area contributed by atoms with Crippen LogP contribution in [-0.4, -0.2) is 18.3 Å². The Bertz CT molecular complexity index is 312. The maximum Gasteiger partial charge on any atom is 0.119 e. The van der Waals surface area contributed by atoms with E-state index in [9.17, 15) is 0 Å². The molecule has 0 fully saturated rings. The zero-order valence-corrected chi connectivity index (χ0v) is 10.0. The number of ether oxygens (including phenoxy) is 1. The molecule has 0 spiro atoms.